The predicted octanol–water partition coefficient (Wildman–Crippen LogP) is 1.09. The van der Waals surface area contributed by atoms with Crippen molar-refractivity contribution in [1.82, 2.24) is 9.89 Å². The van der Waals surface area contributed by atoms with E-state index in [-0.39, 0.29) is 0 Å². The molecule has 1 aromatic carbocycles. The third-order valence-corrected chi connectivity index (χ3v) is 3.50. The minimum Gasteiger partial charge on any atom is -0.467 e. The topological polar surface area (TPSA) is 91.4 Å². The lowest BCUT2D eigenvalue weighted by molar-refractivity contribution is -0.151. The van der Waals surface area contributed by atoms with E-state index in [9.17, 15) is 9.90 Å². The lowest BCUT2D eigenvalue weighted by Gasteiger charge is -2.24. The summed E-state index contributed by atoms with van der Waals surface area (Å²) < 4.78 is 4.63. The van der Waals surface area contributed by atoms with Crippen molar-refractivity contribution in [3.63, 3.8) is 0 Å². The quantitative estimate of drug-likeness (QED) is 0.831. The number of nitriles is 1. The Labute approximate surface area is 128 Å². The second-order valence-electron chi connectivity index (χ2n) is 4.68. The first-order valence-electron chi connectivity index (χ1n) is 7.01. The third-order valence-electron chi connectivity index (χ3n) is 3.50. The minimum atomic E-state index is -1.47. The van der Waals surface area contributed by atoms with E-state index in [0.717, 1.165) is 0 Å². The molecule has 0 aliphatic carbocycles. The van der Waals surface area contributed by atoms with E-state index in [4.69, 9.17) is 5.26 Å². The van der Waals surface area contributed by atoms with E-state index >= 15 is 0 Å². The number of ether oxygens (including phenoxy) is 1. The van der Waals surface area contributed by atoms with Gasteiger partial charge in [-0.05, 0) is 32.0 Å². The summed E-state index contributed by atoms with van der Waals surface area (Å²) in [6.45, 7) is 5.20. The van der Waals surface area contributed by atoms with Crippen LogP contribution < -0.4 is 5.01 Å². The van der Waals surface area contributed by atoms with Gasteiger partial charge in [0.25, 0.3) is 0 Å². The van der Waals surface area contributed by atoms with Crippen molar-refractivity contribution in [3.05, 3.63) is 29.5 Å². The van der Waals surface area contributed by atoms with E-state index in [1.165, 1.54) is 11.9 Å². The molecule has 0 amide bonds. The predicted molar refractivity (Wildman–Crippen MR) is 80.7 cm³/mol. The number of carbonyl (C=O) groups excluding carboxylic acids is 1. The number of methoxy groups -OCH3 is 1. The molecule has 1 heterocycles. The normalized spacial score (nSPS) is 12.0. The van der Waals surface area contributed by atoms with Gasteiger partial charge in [0.15, 0.2) is 6.10 Å². The van der Waals surface area contributed by atoms with Crippen molar-refractivity contribution in [3.8, 4) is 6.07 Å². The van der Waals surface area contributed by atoms with Gasteiger partial charge in [-0.15, -0.1) is 0 Å². The van der Waals surface area contributed by atoms with Crippen LogP contribution in [0, 0.1) is 11.3 Å². The maximum Gasteiger partial charge on any atom is 0.341 e. The van der Waals surface area contributed by atoms with Crippen LogP contribution >= 0.6 is 0 Å². The molecule has 0 saturated heterocycles. The largest absolute Gasteiger partial charge is 0.467 e. The number of carbonyl (C=O) groups is 1. The minimum absolute atomic E-state index is 0.308. The Morgan fingerprint density at radius 1 is 1.50 bits per heavy atom. The first-order valence-corrected chi connectivity index (χ1v) is 7.01. The zero-order chi connectivity index (χ0) is 16.3. The second-order valence-corrected chi connectivity index (χ2v) is 4.68. The van der Waals surface area contributed by atoms with Gasteiger partial charge in [0.1, 0.15) is 5.69 Å². The highest BCUT2D eigenvalue weighted by Crippen LogP contribution is 2.26. The highest BCUT2D eigenvalue weighted by molar-refractivity contribution is 5.88. The Morgan fingerprint density at radius 3 is 2.73 bits per heavy atom. The molecule has 0 aliphatic rings. The summed E-state index contributed by atoms with van der Waals surface area (Å²) in [4.78, 5) is 13.3. The van der Waals surface area contributed by atoms with Gasteiger partial charge in [0.05, 0.1) is 24.3 Å². The Morgan fingerprint density at radius 2 is 2.18 bits per heavy atom. The van der Waals surface area contributed by atoms with Gasteiger partial charge in [-0.1, -0.05) is 0 Å². The lowest BCUT2D eigenvalue weighted by Crippen LogP contribution is -2.37. The van der Waals surface area contributed by atoms with Crippen LogP contribution in [-0.4, -0.2) is 41.2 Å². The van der Waals surface area contributed by atoms with Crippen LogP contribution in [0.5, 0.6) is 0 Å². The van der Waals surface area contributed by atoms with Crippen LogP contribution in [0.4, 0.5) is 0 Å². The number of fused-ring (bicyclic) bond motifs is 1. The Hall–Kier alpha value is -2.59. The van der Waals surface area contributed by atoms with Crippen LogP contribution in [0.1, 0.15) is 31.2 Å². The molecule has 2 rings (SSSR count). The molecular weight excluding hydrogens is 284 g/mol. The SMILES string of the molecule is CCN(CC)n1nc2ccc(C#N)cc2c1C(O)C(=O)OC. The molecule has 1 N–H and O–H groups in total. The van der Waals surface area contributed by atoms with Crippen molar-refractivity contribution < 1.29 is 14.6 Å². The smallest absolute Gasteiger partial charge is 0.341 e. The number of aliphatic hydroxyl groups excluding tert-OH is 1. The zero-order valence-electron chi connectivity index (χ0n) is 12.8. The average molecular weight is 302 g/mol. The average Bonchev–Trinajstić information content (AvgIpc) is 2.92. The van der Waals surface area contributed by atoms with Crippen molar-refractivity contribution in [2.75, 3.05) is 25.2 Å². The zero-order valence-corrected chi connectivity index (χ0v) is 12.8. The van der Waals surface area contributed by atoms with Gasteiger partial charge in [0, 0.05) is 18.5 Å². The summed E-state index contributed by atoms with van der Waals surface area (Å²) in [5, 5.41) is 26.2. The van der Waals surface area contributed by atoms with Gasteiger partial charge < -0.3 is 9.84 Å². The molecule has 1 aromatic heterocycles. The molecule has 7 heteroatoms. The van der Waals surface area contributed by atoms with Crippen LogP contribution in [0.3, 0.4) is 0 Å². The van der Waals surface area contributed by atoms with Crippen LogP contribution in [0.25, 0.3) is 10.9 Å². The summed E-state index contributed by atoms with van der Waals surface area (Å²) in [6.07, 6.45) is -1.47. The van der Waals surface area contributed by atoms with Crippen molar-refractivity contribution in [2.24, 2.45) is 0 Å². The molecule has 22 heavy (non-hydrogen) atoms. The molecule has 116 valence electrons. The molecule has 2 aromatic rings. The summed E-state index contributed by atoms with van der Waals surface area (Å²) in [6, 6.07) is 7.01. The number of hydrogen-bond donors (Lipinski definition) is 1. The molecule has 0 saturated carbocycles. The highest BCUT2D eigenvalue weighted by atomic mass is 16.5. The van der Waals surface area contributed by atoms with Crippen molar-refractivity contribution >= 4 is 16.9 Å². The number of aliphatic hydroxyl groups is 1. The fraction of sp³-hybridized carbons (Fsp3) is 0.400. The van der Waals surface area contributed by atoms with E-state index in [0.29, 0.717) is 35.2 Å². The van der Waals surface area contributed by atoms with E-state index < -0.39 is 12.1 Å². The maximum atomic E-state index is 11.8. The molecule has 0 bridgehead atoms. The lowest BCUT2D eigenvalue weighted by atomic mass is 10.1. The molecule has 7 nitrogen and oxygen atoms in total. The standard InChI is InChI=1S/C15H18N4O3/c1-4-18(5-2)19-13(14(20)15(21)22-3)11-8-10(9-16)6-7-12(11)17-19/h6-8,14,20H,4-5H2,1-3H3. The number of hydrogen-bond acceptors (Lipinski definition) is 6. The molecule has 0 radical (unpaired) electrons. The Bertz CT molecular complexity index is 728. The first-order chi connectivity index (χ1) is 10.6. The van der Waals surface area contributed by atoms with Crippen LogP contribution in [0.2, 0.25) is 0 Å². The Balaban J connectivity index is 2.73. The van der Waals surface area contributed by atoms with Gasteiger partial charge in [-0.2, -0.15) is 15.2 Å². The summed E-state index contributed by atoms with van der Waals surface area (Å²) in [7, 11) is 1.21. The fourth-order valence-electron chi connectivity index (χ4n) is 2.35. The van der Waals surface area contributed by atoms with E-state index in [1.54, 1.807) is 18.2 Å². The van der Waals surface area contributed by atoms with Crippen LogP contribution in [0.15, 0.2) is 18.2 Å². The molecule has 1 unspecified atom stereocenters. The fourth-order valence-corrected chi connectivity index (χ4v) is 2.35. The summed E-state index contributed by atoms with van der Waals surface area (Å²) >= 11 is 0. The Kier molecular flexibility index (Phi) is 4.63. The summed E-state index contributed by atoms with van der Waals surface area (Å²) in [5.41, 5.74) is 1.34. The number of benzene rings is 1. The molecule has 1 atom stereocenters. The van der Waals surface area contributed by atoms with Crippen LogP contribution in [-0.2, 0) is 9.53 Å². The van der Waals surface area contributed by atoms with Gasteiger partial charge in [0.2, 0.25) is 0 Å². The van der Waals surface area contributed by atoms with Crippen molar-refractivity contribution in [2.45, 2.75) is 20.0 Å². The van der Waals surface area contributed by atoms with Gasteiger partial charge in [-0.3, -0.25) is 5.01 Å². The molecule has 0 fully saturated rings. The molecule has 0 aliphatic heterocycles. The second kappa shape index (κ2) is 6.45. The monoisotopic (exact) mass is 302 g/mol. The van der Waals surface area contributed by atoms with Crippen molar-refractivity contribution in [1.29, 1.82) is 5.26 Å². The van der Waals surface area contributed by atoms with Gasteiger partial charge in [-0.25, -0.2) is 4.79 Å². The van der Waals surface area contributed by atoms with E-state index in [2.05, 4.69) is 9.84 Å². The number of nitrogens with zero attached hydrogens (tertiary/aromatic N) is 4. The van der Waals surface area contributed by atoms with Gasteiger partial charge >= 0.3 is 5.97 Å². The maximum absolute atomic E-state index is 11.8. The third kappa shape index (κ3) is 2.61. The van der Waals surface area contributed by atoms with E-state index in [1.807, 2.05) is 24.9 Å². The number of esters is 1. The molecular formula is C15H18N4O3. The summed E-state index contributed by atoms with van der Waals surface area (Å²) in [5.74, 6) is -0.766. The first kappa shape index (κ1) is 15.8. The molecule has 0 spiro atoms. The number of aromatic nitrogens is 2. The number of rotatable bonds is 5. The highest BCUT2D eigenvalue weighted by Gasteiger charge is 2.27.